The number of fused-ring (bicyclic) bond motifs is 1. The zero-order valence-corrected chi connectivity index (χ0v) is 14.5. The number of amides is 1. The number of alkyl halides is 3. The number of carbonyl (C=O) groups is 1. The Labute approximate surface area is 151 Å². The Morgan fingerprint density at radius 3 is 2.70 bits per heavy atom. The second kappa shape index (κ2) is 6.42. The number of carbonyl (C=O) groups excluding carboxylic acids is 1. The monoisotopic (exact) mass is 377 g/mol. The van der Waals surface area contributed by atoms with E-state index in [0.29, 0.717) is 17.0 Å². The van der Waals surface area contributed by atoms with Gasteiger partial charge in [0.25, 0.3) is 5.91 Å². The van der Waals surface area contributed by atoms with E-state index >= 15 is 0 Å². The minimum absolute atomic E-state index is 0.154. The van der Waals surface area contributed by atoms with Crippen molar-refractivity contribution in [1.29, 1.82) is 0 Å². The fourth-order valence-electron chi connectivity index (χ4n) is 2.51. The number of aryl methyl sites for hydroxylation is 2. The molecule has 0 saturated carbocycles. The van der Waals surface area contributed by atoms with Crippen molar-refractivity contribution < 1.29 is 22.4 Å². The van der Waals surface area contributed by atoms with E-state index in [1.807, 2.05) is 5.32 Å². The predicted molar refractivity (Wildman–Crippen MR) is 89.4 cm³/mol. The van der Waals surface area contributed by atoms with E-state index in [-0.39, 0.29) is 22.8 Å². The lowest BCUT2D eigenvalue weighted by Gasteiger charge is -2.16. The molecule has 0 radical (unpaired) electrons. The first-order valence-corrected chi connectivity index (χ1v) is 7.83. The predicted octanol–water partition coefficient (Wildman–Crippen LogP) is 3.84. The van der Waals surface area contributed by atoms with Gasteiger partial charge in [-0.25, -0.2) is 14.3 Å². The average molecular weight is 377 g/mol. The molecule has 140 valence electrons. The molecule has 0 spiro atoms. The summed E-state index contributed by atoms with van der Waals surface area (Å²) in [5.41, 5.74) is 1.30. The van der Waals surface area contributed by atoms with E-state index in [1.54, 1.807) is 26.0 Å². The molecule has 0 aliphatic carbocycles. The standard InChI is InChI=1S/C17H14F3N5O2/c1-8-5-12(14-11(21-4)6-9(2)27-14)24-25-13(7-22-15(8)25)16(26)23-10(3)17(18,19)20/h5-7,10H,1-3H3,(H,23,26)/t10-/m0/s1. The highest BCUT2D eigenvalue weighted by atomic mass is 19.4. The van der Waals surface area contributed by atoms with Crippen LogP contribution in [-0.4, -0.2) is 32.7 Å². The molecule has 0 aromatic carbocycles. The van der Waals surface area contributed by atoms with Crippen LogP contribution in [0.4, 0.5) is 18.9 Å². The van der Waals surface area contributed by atoms with Gasteiger partial charge >= 0.3 is 6.18 Å². The third kappa shape index (κ3) is 3.36. The van der Waals surface area contributed by atoms with E-state index in [9.17, 15) is 18.0 Å². The summed E-state index contributed by atoms with van der Waals surface area (Å²) >= 11 is 0. The molecule has 0 aliphatic rings. The smallest absolute Gasteiger partial charge is 0.408 e. The van der Waals surface area contributed by atoms with Gasteiger partial charge in [0.2, 0.25) is 5.69 Å². The molecule has 27 heavy (non-hydrogen) atoms. The highest BCUT2D eigenvalue weighted by Gasteiger charge is 2.37. The fraction of sp³-hybridized carbons (Fsp3) is 0.294. The summed E-state index contributed by atoms with van der Waals surface area (Å²) in [7, 11) is 0. The van der Waals surface area contributed by atoms with Gasteiger partial charge in [-0.2, -0.15) is 18.3 Å². The third-order valence-electron chi connectivity index (χ3n) is 3.91. The van der Waals surface area contributed by atoms with E-state index < -0.39 is 18.1 Å². The second-order valence-corrected chi connectivity index (χ2v) is 6.01. The van der Waals surface area contributed by atoms with Crippen molar-refractivity contribution >= 4 is 17.2 Å². The number of aromatic nitrogens is 3. The van der Waals surface area contributed by atoms with E-state index in [4.69, 9.17) is 11.0 Å². The number of hydrogen-bond acceptors (Lipinski definition) is 4. The van der Waals surface area contributed by atoms with Crippen LogP contribution in [0.15, 0.2) is 22.7 Å². The molecule has 0 unspecified atom stereocenters. The van der Waals surface area contributed by atoms with Gasteiger partial charge in [0, 0.05) is 0 Å². The molecular formula is C17H14F3N5O2. The lowest BCUT2D eigenvalue weighted by atomic mass is 10.2. The minimum Gasteiger partial charge on any atom is -0.472 e. The number of imidazole rings is 1. The summed E-state index contributed by atoms with van der Waals surface area (Å²) in [6.07, 6.45) is -3.42. The first kappa shape index (κ1) is 18.4. The first-order chi connectivity index (χ1) is 12.6. The van der Waals surface area contributed by atoms with Crippen molar-refractivity contribution in [3.63, 3.8) is 0 Å². The number of nitrogens with one attached hydrogen (secondary N) is 1. The van der Waals surface area contributed by atoms with Crippen LogP contribution in [-0.2, 0) is 0 Å². The Hall–Kier alpha value is -3.35. The molecule has 3 aromatic heterocycles. The molecule has 3 heterocycles. The van der Waals surface area contributed by atoms with Crippen LogP contribution in [0.25, 0.3) is 21.9 Å². The summed E-state index contributed by atoms with van der Waals surface area (Å²) in [5, 5.41) is 6.14. The van der Waals surface area contributed by atoms with Crippen molar-refractivity contribution in [1.82, 2.24) is 19.9 Å². The minimum atomic E-state index is -4.57. The summed E-state index contributed by atoms with van der Waals surface area (Å²) < 4.78 is 44.8. The molecule has 7 nitrogen and oxygen atoms in total. The number of nitrogens with zero attached hydrogens (tertiary/aromatic N) is 4. The Bertz CT molecular complexity index is 1070. The molecule has 0 aliphatic heterocycles. The van der Waals surface area contributed by atoms with Gasteiger partial charge in [0.1, 0.15) is 11.7 Å². The van der Waals surface area contributed by atoms with Crippen LogP contribution in [0.2, 0.25) is 0 Å². The van der Waals surface area contributed by atoms with Crippen LogP contribution >= 0.6 is 0 Å². The van der Waals surface area contributed by atoms with Gasteiger partial charge in [0.15, 0.2) is 17.1 Å². The maximum absolute atomic E-state index is 12.7. The fourth-order valence-corrected chi connectivity index (χ4v) is 2.51. The van der Waals surface area contributed by atoms with Gasteiger partial charge in [-0.05, 0) is 38.5 Å². The van der Waals surface area contributed by atoms with Gasteiger partial charge in [-0.3, -0.25) is 4.79 Å². The van der Waals surface area contributed by atoms with Crippen LogP contribution in [0.1, 0.15) is 28.7 Å². The van der Waals surface area contributed by atoms with Crippen molar-refractivity contribution in [3.05, 3.63) is 46.8 Å². The molecule has 0 fully saturated rings. The van der Waals surface area contributed by atoms with E-state index in [0.717, 1.165) is 17.6 Å². The van der Waals surface area contributed by atoms with Crippen LogP contribution < -0.4 is 5.32 Å². The molecule has 1 atom stereocenters. The molecule has 3 aromatic rings. The number of halogens is 3. The molecule has 1 N–H and O–H groups in total. The Morgan fingerprint density at radius 1 is 1.37 bits per heavy atom. The maximum Gasteiger partial charge on any atom is 0.408 e. The van der Waals surface area contributed by atoms with Crippen LogP contribution in [0.5, 0.6) is 0 Å². The van der Waals surface area contributed by atoms with Gasteiger partial charge in [-0.15, -0.1) is 0 Å². The van der Waals surface area contributed by atoms with Crippen molar-refractivity contribution in [2.24, 2.45) is 0 Å². The topological polar surface area (TPSA) is 76.8 Å². The number of hydrogen-bond donors (Lipinski definition) is 1. The van der Waals surface area contributed by atoms with Gasteiger partial charge in [-0.1, -0.05) is 0 Å². The van der Waals surface area contributed by atoms with Crippen molar-refractivity contribution in [2.75, 3.05) is 0 Å². The number of furan rings is 1. The summed E-state index contributed by atoms with van der Waals surface area (Å²) in [6.45, 7) is 11.5. The zero-order valence-electron chi connectivity index (χ0n) is 14.5. The quantitative estimate of drug-likeness (QED) is 0.704. The molecular weight excluding hydrogens is 363 g/mol. The highest BCUT2D eigenvalue weighted by Crippen LogP contribution is 2.33. The van der Waals surface area contributed by atoms with Crippen molar-refractivity contribution in [3.8, 4) is 11.5 Å². The normalized spacial score (nSPS) is 12.8. The van der Waals surface area contributed by atoms with E-state index in [2.05, 4.69) is 14.9 Å². The zero-order chi connectivity index (χ0) is 19.9. The van der Waals surface area contributed by atoms with E-state index in [1.165, 1.54) is 0 Å². The Kier molecular flexibility index (Phi) is 4.39. The molecule has 3 rings (SSSR count). The second-order valence-electron chi connectivity index (χ2n) is 6.01. The van der Waals surface area contributed by atoms with Crippen LogP contribution in [0, 0.1) is 20.4 Å². The Morgan fingerprint density at radius 2 is 2.07 bits per heavy atom. The third-order valence-corrected chi connectivity index (χ3v) is 3.91. The SMILES string of the molecule is [C-]#[N+]c1cc(C)oc1-c1cc(C)c2ncc(C(=O)N[C@@H](C)C(F)(F)F)n2n1. The molecule has 10 heteroatoms. The lowest BCUT2D eigenvalue weighted by molar-refractivity contribution is -0.149. The average Bonchev–Trinajstić information content (AvgIpc) is 3.17. The van der Waals surface area contributed by atoms with Crippen LogP contribution in [0.3, 0.4) is 0 Å². The summed E-state index contributed by atoms with van der Waals surface area (Å²) in [4.78, 5) is 19.7. The number of rotatable bonds is 3. The van der Waals surface area contributed by atoms with Gasteiger partial charge < -0.3 is 9.73 Å². The molecule has 0 saturated heterocycles. The maximum atomic E-state index is 12.7. The lowest BCUT2D eigenvalue weighted by Crippen LogP contribution is -2.43. The van der Waals surface area contributed by atoms with Gasteiger partial charge in [0.05, 0.1) is 18.5 Å². The summed E-state index contributed by atoms with van der Waals surface area (Å²) in [6, 6.07) is 1.16. The van der Waals surface area contributed by atoms with Crippen molar-refractivity contribution in [2.45, 2.75) is 33.0 Å². The Balaban J connectivity index is 2.08. The highest BCUT2D eigenvalue weighted by molar-refractivity contribution is 5.93. The summed E-state index contributed by atoms with van der Waals surface area (Å²) in [5.74, 6) is -0.230. The first-order valence-electron chi connectivity index (χ1n) is 7.83. The largest absolute Gasteiger partial charge is 0.472 e. The molecule has 0 bridgehead atoms. The molecule has 1 amide bonds.